The minimum absolute atomic E-state index is 0.0441. The molecule has 0 spiro atoms. The van der Waals surface area contributed by atoms with Gasteiger partial charge in [-0.15, -0.1) is 0 Å². The van der Waals surface area contributed by atoms with E-state index in [2.05, 4.69) is 0 Å². The van der Waals surface area contributed by atoms with Crippen molar-refractivity contribution in [3.05, 3.63) is 17.7 Å². The van der Waals surface area contributed by atoms with Crippen LogP contribution in [0.15, 0.2) is 12.1 Å². The Bertz CT molecular complexity index is 445. The van der Waals surface area contributed by atoms with E-state index in [4.69, 9.17) is 14.2 Å². The van der Waals surface area contributed by atoms with Crippen LogP contribution in [0.3, 0.4) is 0 Å². The van der Waals surface area contributed by atoms with E-state index < -0.39 is 11.6 Å². The number of benzene rings is 1. The third-order valence-electron chi connectivity index (χ3n) is 2.12. The van der Waals surface area contributed by atoms with Crippen LogP contribution in [0.4, 0.5) is 0 Å². The largest absolute Gasteiger partial charge is 0.507 e. The van der Waals surface area contributed by atoms with Crippen LogP contribution in [0.1, 0.15) is 31.1 Å². The van der Waals surface area contributed by atoms with Crippen molar-refractivity contribution in [2.75, 3.05) is 14.2 Å². The second kappa shape index (κ2) is 5.16. The highest BCUT2D eigenvalue weighted by Crippen LogP contribution is 2.34. The first-order chi connectivity index (χ1) is 8.28. The third-order valence-corrected chi connectivity index (χ3v) is 2.12. The molecule has 0 saturated carbocycles. The molecule has 1 N–H and O–H groups in total. The summed E-state index contributed by atoms with van der Waals surface area (Å²) in [7, 11) is 2.90. The summed E-state index contributed by atoms with van der Waals surface area (Å²) in [6, 6.07) is 2.71. The Morgan fingerprint density at radius 2 is 1.61 bits per heavy atom. The normalized spacial score (nSPS) is 10.9. The summed E-state index contributed by atoms with van der Waals surface area (Å²) >= 11 is 0. The molecule has 0 bridgehead atoms. The van der Waals surface area contributed by atoms with Gasteiger partial charge in [0.25, 0.3) is 0 Å². The zero-order valence-corrected chi connectivity index (χ0v) is 11.2. The van der Waals surface area contributed by atoms with Crippen LogP contribution in [-0.4, -0.2) is 30.9 Å². The number of carbonyl (C=O) groups excluding carboxylic acids is 1. The topological polar surface area (TPSA) is 65.0 Å². The van der Waals surface area contributed by atoms with E-state index in [1.54, 1.807) is 20.8 Å². The average Bonchev–Trinajstić information content (AvgIpc) is 2.26. The summed E-state index contributed by atoms with van der Waals surface area (Å²) in [4.78, 5) is 11.9. The van der Waals surface area contributed by atoms with Gasteiger partial charge in [0.1, 0.15) is 16.9 Å². The predicted molar refractivity (Wildman–Crippen MR) is 66.4 cm³/mol. The lowest BCUT2D eigenvalue weighted by Crippen LogP contribution is -2.24. The molecule has 100 valence electrons. The number of phenolic OH excluding ortho intramolecular Hbond substituents is 1. The number of aromatic hydroxyl groups is 1. The first-order valence-corrected chi connectivity index (χ1v) is 5.47. The lowest BCUT2D eigenvalue weighted by atomic mass is 10.1. The SMILES string of the molecule is COc1cc(O)c(C(=O)OC(C)(C)C)cc1OC. The van der Waals surface area contributed by atoms with Crippen LogP contribution < -0.4 is 9.47 Å². The fourth-order valence-electron chi connectivity index (χ4n) is 1.36. The Labute approximate surface area is 106 Å². The van der Waals surface area contributed by atoms with Crippen molar-refractivity contribution in [2.24, 2.45) is 0 Å². The molecule has 5 nitrogen and oxygen atoms in total. The predicted octanol–water partition coefficient (Wildman–Crippen LogP) is 2.36. The summed E-state index contributed by atoms with van der Waals surface area (Å²) in [5.74, 6) is -0.110. The summed E-state index contributed by atoms with van der Waals surface area (Å²) in [6.45, 7) is 5.26. The second-order valence-electron chi connectivity index (χ2n) is 4.73. The molecular formula is C13H18O5. The maximum Gasteiger partial charge on any atom is 0.342 e. The molecule has 0 aliphatic heterocycles. The molecule has 1 aromatic carbocycles. The van der Waals surface area contributed by atoms with Gasteiger partial charge in [-0.2, -0.15) is 0 Å². The lowest BCUT2D eigenvalue weighted by Gasteiger charge is -2.20. The molecule has 1 rings (SSSR count). The van der Waals surface area contributed by atoms with Gasteiger partial charge in [-0.1, -0.05) is 0 Å². The van der Waals surface area contributed by atoms with Crippen LogP contribution in [0, 0.1) is 0 Å². The van der Waals surface area contributed by atoms with Crippen LogP contribution in [-0.2, 0) is 4.74 Å². The van der Waals surface area contributed by atoms with Gasteiger partial charge in [0.05, 0.1) is 14.2 Å². The maximum absolute atomic E-state index is 11.9. The van der Waals surface area contributed by atoms with Crippen molar-refractivity contribution >= 4 is 5.97 Å². The Hall–Kier alpha value is -1.91. The van der Waals surface area contributed by atoms with Gasteiger partial charge in [0.2, 0.25) is 0 Å². The van der Waals surface area contributed by atoms with Gasteiger partial charge in [-0.05, 0) is 20.8 Å². The quantitative estimate of drug-likeness (QED) is 0.839. The second-order valence-corrected chi connectivity index (χ2v) is 4.73. The van der Waals surface area contributed by atoms with E-state index in [0.29, 0.717) is 11.5 Å². The Morgan fingerprint density at radius 3 is 2.06 bits per heavy atom. The van der Waals surface area contributed by atoms with Crippen molar-refractivity contribution in [2.45, 2.75) is 26.4 Å². The van der Waals surface area contributed by atoms with Crippen molar-refractivity contribution in [3.63, 3.8) is 0 Å². The Morgan fingerprint density at radius 1 is 1.11 bits per heavy atom. The molecule has 0 saturated heterocycles. The molecule has 0 atom stereocenters. The van der Waals surface area contributed by atoms with E-state index in [1.807, 2.05) is 0 Å². The minimum atomic E-state index is -0.628. The van der Waals surface area contributed by atoms with Gasteiger partial charge in [-0.3, -0.25) is 0 Å². The summed E-state index contributed by atoms with van der Waals surface area (Å²) in [5.41, 5.74) is -0.584. The molecule has 0 heterocycles. The highest BCUT2D eigenvalue weighted by Gasteiger charge is 2.22. The monoisotopic (exact) mass is 254 g/mol. The van der Waals surface area contributed by atoms with E-state index in [1.165, 1.54) is 26.4 Å². The molecule has 5 heteroatoms. The van der Waals surface area contributed by atoms with Crippen LogP contribution in [0.5, 0.6) is 17.2 Å². The zero-order valence-electron chi connectivity index (χ0n) is 11.2. The zero-order chi connectivity index (χ0) is 13.9. The smallest absolute Gasteiger partial charge is 0.342 e. The molecule has 0 aliphatic carbocycles. The molecular weight excluding hydrogens is 236 g/mol. The van der Waals surface area contributed by atoms with Crippen molar-refractivity contribution in [1.29, 1.82) is 0 Å². The number of methoxy groups -OCH3 is 2. The molecule has 0 unspecified atom stereocenters. The summed E-state index contributed by atoms with van der Waals surface area (Å²) < 4.78 is 15.3. The van der Waals surface area contributed by atoms with Crippen LogP contribution in [0.25, 0.3) is 0 Å². The number of hydrogen-bond donors (Lipinski definition) is 1. The van der Waals surface area contributed by atoms with E-state index in [0.717, 1.165) is 0 Å². The van der Waals surface area contributed by atoms with Crippen molar-refractivity contribution in [3.8, 4) is 17.2 Å². The number of esters is 1. The highest BCUT2D eigenvalue weighted by molar-refractivity contribution is 5.93. The van der Waals surface area contributed by atoms with Gasteiger partial charge in [0, 0.05) is 12.1 Å². The van der Waals surface area contributed by atoms with Gasteiger partial charge >= 0.3 is 5.97 Å². The van der Waals surface area contributed by atoms with E-state index in [-0.39, 0.29) is 11.3 Å². The molecule has 0 amide bonds. The van der Waals surface area contributed by atoms with E-state index in [9.17, 15) is 9.90 Å². The molecule has 0 aromatic heterocycles. The van der Waals surface area contributed by atoms with Crippen molar-refractivity contribution in [1.82, 2.24) is 0 Å². The number of rotatable bonds is 3. The summed E-state index contributed by atoms with van der Waals surface area (Å²) in [5, 5.41) is 9.77. The molecule has 0 fully saturated rings. The Kier molecular flexibility index (Phi) is 4.06. The number of ether oxygens (including phenoxy) is 3. The maximum atomic E-state index is 11.9. The van der Waals surface area contributed by atoms with Gasteiger partial charge in [-0.25, -0.2) is 4.79 Å². The first kappa shape index (κ1) is 14.2. The highest BCUT2D eigenvalue weighted by atomic mass is 16.6. The molecule has 0 radical (unpaired) electrons. The van der Waals surface area contributed by atoms with Crippen molar-refractivity contribution < 1.29 is 24.1 Å². The fraction of sp³-hybridized carbons (Fsp3) is 0.462. The third kappa shape index (κ3) is 3.29. The minimum Gasteiger partial charge on any atom is -0.507 e. The van der Waals surface area contributed by atoms with E-state index >= 15 is 0 Å². The molecule has 18 heavy (non-hydrogen) atoms. The van der Waals surface area contributed by atoms with Gasteiger partial charge in [0.15, 0.2) is 11.5 Å². The molecule has 1 aromatic rings. The number of hydrogen-bond acceptors (Lipinski definition) is 5. The van der Waals surface area contributed by atoms with Crippen LogP contribution in [0.2, 0.25) is 0 Å². The average molecular weight is 254 g/mol. The fourth-order valence-corrected chi connectivity index (χ4v) is 1.36. The Balaban J connectivity index is 3.13. The molecule has 0 aliphatic rings. The summed E-state index contributed by atoms with van der Waals surface area (Å²) in [6.07, 6.45) is 0. The first-order valence-electron chi connectivity index (χ1n) is 5.47. The van der Waals surface area contributed by atoms with Crippen LogP contribution >= 0.6 is 0 Å². The number of carbonyl (C=O) groups is 1. The van der Waals surface area contributed by atoms with Gasteiger partial charge < -0.3 is 19.3 Å². The number of phenols is 1. The lowest BCUT2D eigenvalue weighted by molar-refractivity contribution is 0.00664. The standard InChI is InChI=1S/C13H18O5/c1-13(2,3)18-12(15)8-6-10(16-4)11(17-5)7-9(8)14/h6-7,14H,1-5H3.